The molecule has 0 radical (unpaired) electrons. The molecule has 4 nitrogen and oxygen atoms in total. The van der Waals surface area contributed by atoms with Gasteiger partial charge in [-0.05, 0) is 32.4 Å². The van der Waals surface area contributed by atoms with Crippen molar-refractivity contribution in [1.82, 2.24) is 4.98 Å². The average molecular weight is 276 g/mol. The lowest BCUT2D eigenvalue weighted by Gasteiger charge is -2.15. The fourth-order valence-corrected chi connectivity index (χ4v) is 2.45. The SMILES string of the molecule is Cc1ccccc1Nc1nc(C(C)(C)C(=O)O)cs1. The molecule has 0 atom stereocenters. The van der Waals surface area contributed by atoms with Gasteiger partial charge in [-0.25, -0.2) is 4.98 Å². The van der Waals surface area contributed by atoms with E-state index in [0.29, 0.717) is 10.8 Å². The molecule has 2 N–H and O–H groups in total. The molecule has 0 unspecified atom stereocenters. The number of nitrogens with one attached hydrogen (secondary N) is 1. The number of para-hydroxylation sites is 1. The number of nitrogens with zero attached hydrogens (tertiary/aromatic N) is 1. The van der Waals surface area contributed by atoms with E-state index in [1.807, 2.05) is 31.2 Å². The van der Waals surface area contributed by atoms with Crippen molar-refractivity contribution in [2.45, 2.75) is 26.2 Å². The van der Waals surface area contributed by atoms with Gasteiger partial charge in [0.05, 0.1) is 5.69 Å². The van der Waals surface area contributed by atoms with Crippen LogP contribution in [0.4, 0.5) is 10.8 Å². The van der Waals surface area contributed by atoms with Crippen molar-refractivity contribution in [3.63, 3.8) is 0 Å². The van der Waals surface area contributed by atoms with E-state index in [2.05, 4.69) is 10.3 Å². The summed E-state index contributed by atoms with van der Waals surface area (Å²) in [6.45, 7) is 5.32. The molecule has 0 spiro atoms. The van der Waals surface area contributed by atoms with Gasteiger partial charge < -0.3 is 10.4 Å². The maximum absolute atomic E-state index is 11.2. The van der Waals surface area contributed by atoms with Crippen LogP contribution in [0.2, 0.25) is 0 Å². The van der Waals surface area contributed by atoms with E-state index in [-0.39, 0.29) is 0 Å². The van der Waals surface area contributed by atoms with Gasteiger partial charge in [0.2, 0.25) is 0 Å². The average Bonchev–Trinajstić information content (AvgIpc) is 2.81. The fraction of sp³-hybridized carbons (Fsp3) is 0.286. The first-order valence-electron chi connectivity index (χ1n) is 5.93. The summed E-state index contributed by atoms with van der Waals surface area (Å²) < 4.78 is 0. The highest BCUT2D eigenvalue weighted by Gasteiger charge is 2.32. The number of aromatic nitrogens is 1. The first-order chi connectivity index (χ1) is 8.91. The van der Waals surface area contributed by atoms with E-state index in [1.54, 1.807) is 19.2 Å². The third-order valence-electron chi connectivity index (χ3n) is 3.07. The number of benzene rings is 1. The lowest BCUT2D eigenvalue weighted by atomic mass is 9.90. The Morgan fingerprint density at radius 2 is 2.05 bits per heavy atom. The van der Waals surface area contributed by atoms with Crippen molar-refractivity contribution in [2.75, 3.05) is 5.32 Å². The van der Waals surface area contributed by atoms with E-state index in [0.717, 1.165) is 11.3 Å². The zero-order chi connectivity index (χ0) is 14.0. The molecule has 0 amide bonds. The molecule has 100 valence electrons. The van der Waals surface area contributed by atoms with Crippen molar-refractivity contribution in [1.29, 1.82) is 0 Å². The lowest BCUT2D eigenvalue weighted by molar-refractivity contribution is -0.142. The van der Waals surface area contributed by atoms with Gasteiger partial charge in [0, 0.05) is 11.1 Å². The smallest absolute Gasteiger partial charge is 0.315 e. The Kier molecular flexibility index (Phi) is 3.57. The maximum Gasteiger partial charge on any atom is 0.315 e. The largest absolute Gasteiger partial charge is 0.481 e. The number of carboxylic acid groups (broad SMARTS) is 1. The molecular formula is C14H16N2O2S. The van der Waals surface area contributed by atoms with Crippen LogP contribution in [-0.2, 0) is 10.2 Å². The number of aliphatic carboxylic acids is 1. The molecule has 0 aliphatic carbocycles. The highest BCUT2D eigenvalue weighted by Crippen LogP contribution is 2.29. The van der Waals surface area contributed by atoms with Crippen LogP contribution in [0, 0.1) is 6.92 Å². The number of aryl methyl sites for hydroxylation is 1. The van der Waals surface area contributed by atoms with Gasteiger partial charge in [0.25, 0.3) is 0 Å². The zero-order valence-corrected chi connectivity index (χ0v) is 11.9. The molecule has 0 saturated carbocycles. The lowest BCUT2D eigenvalue weighted by Crippen LogP contribution is -2.28. The van der Waals surface area contributed by atoms with Crippen molar-refractivity contribution in [3.8, 4) is 0 Å². The first kappa shape index (κ1) is 13.5. The summed E-state index contributed by atoms with van der Waals surface area (Å²) in [7, 11) is 0. The molecule has 2 aromatic rings. The molecule has 1 heterocycles. The van der Waals surface area contributed by atoms with Gasteiger partial charge in [-0.15, -0.1) is 11.3 Å². The normalized spacial score (nSPS) is 11.3. The van der Waals surface area contributed by atoms with E-state index in [1.165, 1.54) is 11.3 Å². The number of carboxylic acids is 1. The summed E-state index contributed by atoms with van der Waals surface area (Å²) in [5, 5.41) is 14.9. The third-order valence-corrected chi connectivity index (χ3v) is 3.82. The van der Waals surface area contributed by atoms with Crippen LogP contribution in [0.25, 0.3) is 0 Å². The van der Waals surface area contributed by atoms with Crippen molar-refractivity contribution in [3.05, 3.63) is 40.9 Å². The van der Waals surface area contributed by atoms with Gasteiger partial charge in [0.1, 0.15) is 5.41 Å². The molecule has 1 aromatic heterocycles. The van der Waals surface area contributed by atoms with Crippen LogP contribution in [-0.4, -0.2) is 16.1 Å². The molecule has 0 bridgehead atoms. The van der Waals surface area contributed by atoms with Crippen molar-refractivity contribution in [2.24, 2.45) is 0 Å². The Morgan fingerprint density at radius 3 is 2.68 bits per heavy atom. The van der Waals surface area contributed by atoms with E-state index in [4.69, 9.17) is 0 Å². The van der Waals surface area contributed by atoms with E-state index in [9.17, 15) is 9.90 Å². The molecule has 5 heteroatoms. The number of anilines is 2. The maximum atomic E-state index is 11.2. The highest BCUT2D eigenvalue weighted by atomic mass is 32.1. The quantitative estimate of drug-likeness (QED) is 0.896. The van der Waals surface area contributed by atoms with Gasteiger partial charge in [-0.3, -0.25) is 4.79 Å². The summed E-state index contributed by atoms with van der Waals surface area (Å²) in [6.07, 6.45) is 0. The molecule has 0 saturated heterocycles. The van der Waals surface area contributed by atoms with Gasteiger partial charge >= 0.3 is 5.97 Å². The molecular weight excluding hydrogens is 260 g/mol. The van der Waals surface area contributed by atoms with E-state index >= 15 is 0 Å². The van der Waals surface area contributed by atoms with Crippen LogP contribution in [0.15, 0.2) is 29.6 Å². The van der Waals surface area contributed by atoms with Crippen molar-refractivity contribution < 1.29 is 9.90 Å². The number of hydrogen-bond acceptors (Lipinski definition) is 4. The molecule has 0 fully saturated rings. The Labute approximate surface area is 116 Å². The van der Waals surface area contributed by atoms with Crippen LogP contribution in [0.1, 0.15) is 25.1 Å². The predicted molar refractivity (Wildman–Crippen MR) is 77.2 cm³/mol. The second kappa shape index (κ2) is 5.01. The minimum absolute atomic E-state index is 0.570. The van der Waals surface area contributed by atoms with Gasteiger partial charge in [0.15, 0.2) is 5.13 Å². The topological polar surface area (TPSA) is 62.2 Å². The number of carbonyl (C=O) groups is 1. The second-order valence-electron chi connectivity index (χ2n) is 4.91. The standard InChI is InChI=1S/C14H16N2O2S/c1-9-6-4-5-7-10(9)15-13-16-11(8-19-13)14(2,3)12(17)18/h4-8H,1-3H3,(H,15,16)(H,17,18). The Hall–Kier alpha value is -1.88. The minimum Gasteiger partial charge on any atom is -0.481 e. The van der Waals surface area contributed by atoms with E-state index < -0.39 is 11.4 Å². The minimum atomic E-state index is -0.970. The monoisotopic (exact) mass is 276 g/mol. The zero-order valence-electron chi connectivity index (χ0n) is 11.1. The summed E-state index contributed by atoms with van der Waals surface area (Å²) in [5.74, 6) is -0.875. The Bertz CT molecular complexity index is 605. The Balaban J connectivity index is 2.23. The first-order valence-corrected chi connectivity index (χ1v) is 6.81. The summed E-state index contributed by atoms with van der Waals surface area (Å²) in [4.78, 5) is 15.6. The van der Waals surface area contributed by atoms with Crippen LogP contribution in [0.5, 0.6) is 0 Å². The number of rotatable bonds is 4. The molecule has 19 heavy (non-hydrogen) atoms. The second-order valence-corrected chi connectivity index (χ2v) is 5.77. The highest BCUT2D eigenvalue weighted by molar-refractivity contribution is 7.13. The van der Waals surface area contributed by atoms with Crippen LogP contribution < -0.4 is 5.32 Å². The van der Waals surface area contributed by atoms with Crippen LogP contribution in [0.3, 0.4) is 0 Å². The van der Waals surface area contributed by atoms with Crippen LogP contribution >= 0.6 is 11.3 Å². The third kappa shape index (κ3) is 2.76. The summed E-state index contributed by atoms with van der Waals surface area (Å²) in [6, 6.07) is 7.91. The predicted octanol–water partition coefficient (Wildman–Crippen LogP) is 3.56. The summed E-state index contributed by atoms with van der Waals surface area (Å²) in [5.41, 5.74) is 1.71. The molecule has 0 aliphatic heterocycles. The fourth-order valence-electron chi connectivity index (χ4n) is 1.56. The molecule has 0 aliphatic rings. The number of hydrogen-bond donors (Lipinski definition) is 2. The molecule has 1 aromatic carbocycles. The summed E-state index contributed by atoms with van der Waals surface area (Å²) >= 11 is 1.41. The van der Waals surface area contributed by atoms with Crippen molar-refractivity contribution >= 4 is 28.1 Å². The van der Waals surface area contributed by atoms with Gasteiger partial charge in [-0.2, -0.15) is 0 Å². The molecule has 2 rings (SSSR count). The number of thiazole rings is 1. The Morgan fingerprint density at radius 1 is 1.37 bits per heavy atom. The van der Waals surface area contributed by atoms with Gasteiger partial charge in [-0.1, -0.05) is 18.2 Å².